The maximum Gasteiger partial charge on any atom is 0.255 e. The lowest BCUT2D eigenvalue weighted by molar-refractivity contribution is 0.0738. The Balaban J connectivity index is 1.26. The van der Waals surface area contributed by atoms with E-state index in [4.69, 9.17) is 0 Å². The second-order valence-electron chi connectivity index (χ2n) is 7.84. The lowest BCUT2D eigenvalue weighted by atomic mass is 10.1. The third kappa shape index (κ3) is 3.93. The summed E-state index contributed by atoms with van der Waals surface area (Å²) in [6.45, 7) is 6.60. The van der Waals surface area contributed by atoms with E-state index in [0.717, 1.165) is 51.4 Å². The van der Waals surface area contributed by atoms with Crippen LogP contribution in [0.3, 0.4) is 0 Å². The largest absolute Gasteiger partial charge is 0.387 e. The second-order valence-corrected chi connectivity index (χ2v) is 7.84. The van der Waals surface area contributed by atoms with Gasteiger partial charge in [-0.05, 0) is 37.6 Å². The Morgan fingerprint density at radius 3 is 2.50 bits per heavy atom. The van der Waals surface area contributed by atoms with Crippen LogP contribution in [0.5, 0.6) is 0 Å². The number of nitrogens with zero attached hydrogens (tertiary/aromatic N) is 4. The molecule has 1 atom stereocenters. The van der Waals surface area contributed by atoms with Crippen molar-refractivity contribution in [3.8, 4) is 0 Å². The molecule has 0 radical (unpaired) electrons. The van der Waals surface area contributed by atoms with Crippen LogP contribution in [0.2, 0.25) is 0 Å². The van der Waals surface area contributed by atoms with Crippen LogP contribution in [0.15, 0.2) is 42.6 Å². The van der Waals surface area contributed by atoms with Crippen molar-refractivity contribution in [2.24, 2.45) is 7.05 Å². The summed E-state index contributed by atoms with van der Waals surface area (Å²) in [6, 6.07) is 12.4. The number of piperazine rings is 1. The van der Waals surface area contributed by atoms with Gasteiger partial charge in [0.1, 0.15) is 0 Å². The van der Waals surface area contributed by atoms with Gasteiger partial charge in [-0.3, -0.25) is 9.69 Å². The van der Waals surface area contributed by atoms with Crippen molar-refractivity contribution in [3.63, 3.8) is 0 Å². The molecule has 6 nitrogen and oxygen atoms in total. The Bertz CT molecular complexity index is 796. The normalized spacial score (nSPS) is 20.9. The highest BCUT2D eigenvalue weighted by atomic mass is 16.3. The van der Waals surface area contributed by atoms with E-state index in [9.17, 15) is 9.90 Å². The molecule has 1 amide bonds. The zero-order valence-electron chi connectivity index (χ0n) is 16.6. The zero-order chi connectivity index (χ0) is 19.5. The SMILES string of the molecule is Cn1ccc2c1C(O)CCN(CCCN1CCN(c3ccccc3)CC1)C2=O. The minimum absolute atomic E-state index is 0.0565. The molecule has 1 saturated heterocycles. The van der Waals surface area contributed by atoms with Crippen LogP contribution < -0.4 is 4.90 Å². The quantitative estimate of drug-likeness (QED) is 0.861. The van der Waals surface area contributed by atoms with Gasteiger partial charge >= 0.3 is 0 Å². The van der Waals surface area contributed by atoms with Crippen molar-refractivity contribution < 1.29 is 9.90 Å². The van der Waals surface area contributed by atoms with Gasteiger partial charge in [-0.2, -0.15) is 0 Å². The molecule has 2 aliphatic rings. The summed E-state index contributed by atoms with van der Waals surface area (Å²) in [5, 5.41) is 10.4. The number of para-hydroxylation sites is 1. The van der Waals surface area contributed by atoms with Crippen LogP contribution in [0.4, 0.5) is 5.69 Å². The van der Waals surface area contributed by atoms with E-state index in [1.807, 2.05) is 28.8 Å². The van der Waals surface area contributed by atoms with Gasteiger partial charge in [0.15, 0.2) is 0 Å². The number of carbonyl (C=O) groups excluding carboxylic acids is 1. The molecule has 2 aromatic rings. The molecule has 1 N–H and O–H groups in total. The third-order valence-corrected chi connectivity index (χ3v) is 6.02. The minimum Gasteiger partial charge on any atom is -0.387 e. The van der Waals surface area contributed by atoms with Gasteiger partial charge in [-0.15, -0.1) is 0 Å². The molecule has 1 aromatic heterocycles. The number of hydrogen-bond donors (Lipinski definition) is 1. The van der Waals surface area contributed by atoms with Crippen molar-refractivity contribution in [1.29, 1.82) is 0 Å². The van der Waals surface area contributed by atoms with E-state index in [1.54, 1.807) is 0 Å². The molecule has 0 aliphatic carbocycles. The molecule has 1 fully saturated rings. The fraction of sp³-hybridized carbons (Fsp3) is 0.500. The molecule has 0 bridgehead atoms. The summed E-state index contributed by atoms with van der Waals surface area (Å²) in [7, 11) is 1.89. The number of carbonyl (C=O) groups is 1. The molecular weight excluding hydrogens is 352 g/mol. The first kappa shape index (κ1) is 19.0. The fourth-order valence-corrected chi connectivity index (χ4v) is 4.39. The lowest BCUT2D eigenvalue weighted by Gasteiger charge is -2.36. The highest BCUT2D eigenvalue weighted by Gasteiger charge is 2.29. The van der Waals surface area contributed by atoms with E-state index in [0.29, 0.717) is 18.5 Å². The number of aryl methyl sites for hydroxylation is 1. The maximum atomic E-state index is 12.9. The van der Waals surface area contributed by atoms with Crippen LogP contribution in [-0.4, -0.2) is 71.2 Å². The summed E-state index contributed by atoms with van der Waals surface area (Å²) in [6.07, 6.45) is 2.87. The van der Waals surface area contributed by atoms with Crippen LogP contribution in [-0.2, 0) is 7.05 Å². The predicted molar refractivity (Wildman–Crippen MR) is 111 cm³/mol. The van der Waals surface area contributed by atoms with Crippen molar-refractivity contribution in [3.05, 3.63) is 53.9 Å². The lowest BCUT2D eigenvalue weighted by Crippen LogP contribution is -2.47. The molecule has 150 valence electrons. The fourth-order valence-electron chi connectivity index (χ4n) is 4.39. The molecule has 6 heteroatoms. The Morgan fingerprint density at radius 1 is 1.00 bits per heavy atom. The first-order chi connectivity index (χ1) is 13.6. The van der Waals surface area contributed by atoms with Gasteiger partial charge in [0.05, 0.1) is 17.4 Å². The molecule has 0 spiro atoms. The van der Waals surface area contributed by atoms with Crippen LogP contribution in [0.1, 0.15) is 35.0 Å². The van der Waals surface area contributed by atoms with Crippen molar-refractivity contribution in [2.45, 2.75) is 18.9 Å². The van der Waals surface area contributed by atoms with Gasteiger partial charge in [-0.25, -0.2) is 0 Å². The molecule has 3 heterocycles. The van der Waals surface area contributed by atoms with E-state index in [-0.39, 0.29) is 5.91 Å². The van der Waals surface area contributed by atoms with Crippen LogP contribution in [0.25, 0.3) is 0 Å². The monoisotopic (exact) mass is 382 g/mol. The number of rotatable bonds is 5. The van der Waals surface area contributed by atoms with Crippen LogP contribution >= 0.6 is 0 Å². The molecule has 2 aliphatic heterocycles. The summed E-state index contributed by atoms with van der Waals surface area (Å²) in [5.41, 5.74) is 2.71. The maximum absolute atomic E-state index is 12.9. The van der Waals surface area contributed by atoms with Crippen molar-refractivity contribution in [1.82, 2.24) is 14.4 Å². The Hall–Kier alpha value is -2.31. The van der Waals surface area contributed by atoms with Crippen molar-refractivity contribution >= 4 is 11.6 Å². The average Bonchev–Trinajstić information content (AvgIpc) is 3.07. The molecule has 1 unspecified atom stereocenters. The van der Waals surface area contributed by atoms with Gasteiger partial charge < -0.3 is 19.5 Å². The van der Waals surface area contributed by atoms with Gasteiger partial charge in [0.25, 0.3) is 5.91 Å². The standard InChI is InChI=1S/C22H30N4O2/c1-23-12-8-19-21(23)20(27)9-13-26(22(19)28)11-5-10-24-14-16-25(17-15-24)18-6-3-2-4-7-18/h2-4,6-8,12,20,27H,5,9-11,13-17H2,1H3. The highest BCUT2D eigenvalue weighted by molar-refractivity contribution is 5.96. The summed E-state index contributed by atoms with van der Waals surface area (Å²) in [4.78, 5) is 19.7. The van der Waals surface area contributed by atoms with Gasteiger partial charge in [-0.1, -0.05) is 18.2 Å². The minimum atomic E-state index is -0.560. The van der Waals surface area contributed by atoms with E-state index < -0.39 is 6.10 Å². The summed E-state index contributed by atoms with van der Waals surface area (Å²) in [5.74, 6) is 0.0565. The Kier molecular flexibility index (Phi) is 5.69. The smallest absolute Gasteiger partial charge is 0.255 e. The molecular formula is C22H30N4O2. The molecule has 4 rings (SSSR count). The third-order valence-electron chi connectivity index (χ3n) is 6.02. The number of fused-ring (bicyclic) bond motifs is 1. The van der Waals surface area contributed by atoms with Crippen LogP contribution in [0, 0.1) is 0 Å². The second kappa shape index (κ2) is 8.37. The first-order valence-corrected chi connectivity index (χ1v) is 10.3. The van der Waals surface area contributed by atoms with E-state index in [1.165, 1.54) is 5.69 Å². The number of aliphatic hydroxyl groups is 1. The predicted octanol–water partition coefficient (Wildman–Crippen LogP) is 2.12. The molecule has 1 aromatic carbocycles. The zero-order valence-corrected chi connectivity index (χ0v) is 16.6. The average molecular weight is 383 g/mol. The number of hydrogen-bond acceptors (Lipinski definition) is 4. The number of aromatic nitrogens is 1. The van der Waals surface area contributed by atoms with Gasteiger partial charge in [0.2, 0.25) is 0 Å². The number of aliphatic hydroxyl groups excluding tert-OH is 1. The summed E-state index contributed by atoms with van der Waals surface area (Å²) < 4.78 is 1.87. The van der Waals surface area contributed by atoms with Gasteiger partial charge in [0, 0.05) is 58.2 Å². The molecule has 28 heavy (non-hydrogen) atoms. The highest BCUT2D eigenvalue weighted by Crippen LogP contribution is 2.27. The van der Waals surface area contributed by atoms with E-state index in [2.05, 4.69) is 40.1 Å². The number of amides is 1. The number of benzene rings is 1. The summed E-state index contributed by atoms with van der Waals surface area (Å²) >= 11 is 0. The first-order valence-electron chi connectivity index (χ1n) is 10.3. The topological polar surface area (TPSA) is 52.0 Å². The van der Waals surface area contributed by atoms with Crippen molar-refractivity contribution in [2.75, 3.05) is 50.7 Å². The number of anilines is 1. The Labute approximate surface area is 167 Å². The Morgan fingerprint density at radius 2 is 1.75 bits per heavy atom. The molecule has 0 saturated carbocycles. The van der Waals surface area contributed by atoms with E-state index >= 15 is 0 Å².